The summed E-state index contributed by atoms with van der Waals surface area (Å²) in [5.41, 5.74) is 0.900. The van der Waals surface area contributed by atoms with Crippen LogP contribution in [0.15, 0.2) is 28.8 Å². The van der Waals surface area contributed by atoms with E-state index in [9.17, 15) is 4.79 Å². The van der Waals surface area contributed by atoms with Gasteiger partial charge in [0, 0.05) is 19.0 Å². The zero-order valence-corrected chi connectivity index (χ0v) is 14.2. The van der Waals surface area contributed by atoms with Crippen LogP contribution < -0.4 is 4.74 Å². The van der Waals surface area contributed by atoms with Gasteiger partial charge in [0.2, 0.25) is 11.8 Å². The molecule has 2 aromatic rings. The highest BCUT2D eigenvalue weighted by atomic mass is 16.5. The van der Waals surface area contributed by atoms with Gasteiger partial charge in [-0.15, -0.1) is 0 Å². The molecule has 1 aromatic heterocycles. The van der Waals surface area contributed by atoms with Crippen LogP contribution in [0.2, 0.25) is 0 Å². The van der Waals surface area contributed by atoms with Crippen LogP contribution in [-0.4, -0.2) is 34.6 Å². The molecule has 0 saturated carbocycles. The molecule has 0 radical (unpaired) electrons. The van der Waals surface area contributed by atoms with Crippen LogP contribution in [0, 0.1) is 6.92 Å². The number of carbonyl (C=O) groups is 1. The van der Waals surface area contributed by atoms with Crippen molar-refractivity contribution in [3.63, 3.8) is 0 Å². The van der Waals surface area contributed by atoms with Gasteiger partial charge in [-0.25, -0.2) is 0 Å². The number of hydrogen-bond donors (Lipinski definition) is 0. The quantitative estimate of drug-likeness (QED) is 0.862. The Kier molecular flexibility index (Phi) is 5.13. The number of aromatic nitrogens is 2. The van der Waals surface area contributed by atoms with Gasteiger partial charge in [0.05, 0.1) is 19.6 Å². The van der Waals surface area contributed by atoms with E-state index in [0.29, 0.717) is 18.1 Å². The molecule has 1 aromatic carbocycles. The van der Waals surface area contributed by atoms with Crippen LogP contribution in [-0.2, 0) is 11.2 Å². The summed E-state index contributed by atoms with van der Waals surface area (Å²) in [6, 6.07) is 7.54. The fourth-order valence-electron chi connectivity index (χ4n) is 3.24. The van der Waals surface area contributed by atoms with Gasteiger partial charge in [-0.1, -0.05) is 36.2 Å². The third-order valence-electron chi connectivity index (χ3n) is 4.45. The van der Waals surface area contributed by atoms with E-state index in [-0.39, 0.29) is 11.9 Å². The number of benzene rings is 1. The van der Waals surface area contributed by atoms with Gasteiger partial charge in [-0.2, -0.15) is 4.98 Å². The average molecular weight is 329 g/mol. The van der Waals surface area contributed by atoms with E-state index in [4.69, 9.17) is 9.26 Å². The van der Waals surface area contributed by atoms with E-state index < -0.39 is 0 Å². The van der Waals surface area contributed by atoms with Crippen molar-refractivity contribution in [2.75, 3.05) is 13.7 Å². The van der Waals surface area contributed by atoms with Gasteiger partial charge in [0.25, 0.3) is 0 Å². The molecule has 1 fully saturated rings. The summed E-state index contributed by atoms with van der Waals surface area (Å²) < 4.78 is 10.5. The second-order valence-electron chi connectivity index (χ2n) is 6.11. The van der Waals surface area contributed by atoms with Crippen molar-refractivity contribution in [1.29, 1.82) is 0 Å². The number of rotatable bonds is 4. The van der Waals surface area contributed by atoms with Gasteiger partial charge in [-0.3, -0.25) is 4.79 Å². The Morgan fingerprint density at radius 3 is 2.92 bits per heavy atom. The second kappa shape index (κ2) is 7.47. The van der Waals surface area contributed by atoms with E-state index in [1.165, 1.54) is 0 Å². The van der Waals surface area contributed by atoms with Gasteiger partial charge in [0.1, 0.15) is 5.75 Å². The molecule has 0 spiro atoms. The minimum Gasteiger partial charge on any atom is -0.496 e. The number of hydrogen-bond acceptors (Lipinski definition) is 5. The fraction of sp³-hybridized carbons (Fsp3) is 0.500. The molecule has 1 amide bonds. The van der Waals surface area contributed by atoms with Crippen molar-refractivity contribution in [3.8, 4) is 5.75 Å². The number of methoxy groups -OCH3 is 1. The Hall–Kier alpha value is -2.37. The zero-order valence-electron chi connectivity index (χ0n) is 14.2. The Morgan fingerprint density at radius 2 is 2.17 bits per heavy atom. The molecule has 128 valence electrons. The van der Waals surface area contributed by atoms with Gasteiger partial charge in [-0.05, 0) is 18.9 Å². The first-order valence-corrected chi connectivity index (χ1v) is 8.40. The lowest BCUT2D eigenvalue weighted by Gasteiger charge is -2.28. The summed E-state index contributed by atoms with van der Waals surface area (Å²) in [6.07, 6.45) is 4.38. The molecular weight excluding hydrogens is 306 g/mol. The molecule has 1 aliphatic heterocycles. The van der Waals surface area contributed by atoms with Crippen LogP contribution >= 0.6 is 0 Å². The molecule has 0 N–H and O–H groups in total. The highest BCUT2D eigenvalue weighted by Crippen LogP contribution is 2.29. The second-order valence-corrected chi connectivity index (χ2v) is 6.11. The van der Waals surface area contributed by atoms with Crippen molar-refractivity contribution < 1.29 is 14.1 Å². The smallest absolute Gasteiger partial charge is 0.227 e. The summed E-state index contributed by atoms with van der Waals surface area (Å²) in [5, 5.41) is 4.05. The van der Waals surface area contributed by atoms with E-state index in [1.54, 1.807) is 14.0 Å². The molecule has 1 atom stereocenters. The van der Waals surface area contributed by atoms with E-state index in [1.807, 2.05) is 29.2 Å². The molecule has 1 saturated heterocycles. The molecule has 3 rings (SSSR count). The van der Waals surface area contributed by atoms with Crippen molar-refractivity contribution in [2.24, 2.45) is 0 Å². The standard InChI is InChI=1S/C18H23N3O3/c1-13-19-18(20-24-13)15-9-4-3-7-11-21(15)17(22)12-14-8-5-6-10-16(14)23-2/h5-6,8,10,15H,3-4,7,9,11-12H2,1-2H3. The molecule has 6 nitrogen and oxygen atoms in total. The Balaban J connectivity index is 1.82. The first-order valence-electron chi connectivity index (χ1n) is 8.40. The number of aryl methyl sites for hydroxylation is 1. The number of ether oxygens (including phenoxy) is 1. The predicted molar refractivity (Wildman–Crippen MR) is 88.7 cm³/mol. The highest BCUT2D eigenvalue weighted by Gasteiger charge is 2.30. The Morgan fingerprint density at radius 1 is 1.33 bits per heavy atom. The van der Waals surface area contributed by atoms with Crippen molar-refractivity contribution in [3.05, 3.63) is 41.5 Å². The molecule has 1 unspecified atom stereocenters. The molecular formula is C18H23N3O3. The zero-order chi connectivity index (χ0) is 16.9. The summed E-state index contributed by atoms with van der Waals surface area (Å²) in [5.74, 6) is 1.97. The topological polar surface area (TPSA) is 68.5 Å². The van der Waals surface area contributed by atoms with Crippen molar-refractivity contribution in [2.45, 2.75) is 45.1 Å². The lowest BCUT2D eigenvalue weighted by molar-refractivity contribution is -0.133. The maximum absolute atomic E-state index is 13.0. The van der Waals surface area contributed by atoms with Gasteiger partial charge < -0.3 is 14.2 Å². The molecule has 0 aliphatic carbocycles. The van der Waals surface area contributed by atoms with Crippen LogP contribution in [0.4, 0.5) is 0 Å². The third-order valence-corrected chi connectivity index (χ3v) is 4.45. The monoisotopic (exact) mass is 329 g/mol. The van der Waals surface area contributed by atoms with Crippen LogP contribution in [0.5, 0.6) is 5.75 Å². The summed E-state index contributed by atoms with van der Waals surface area (Å²) in [6.45, 7) is 2.50. The predicted octanol–water partition coefficient (Wildman–Crippen LogP) is 3.07. The molecule has 6 heteroatoms. The minimum atomic E-state index is -0.104. The van der Waals surface area contributed by atoms with Crippen LogP contribution in [0.25, 0.3) is 0 Å². The minimum absolute atomic E-state index is 0.0776. The van der Waals surface area contributed by atoms with E-state index in [0.717, 1.165) is 43.5 Å². The van der Waals surface area contributed by atoms with E-state index in [2.05, 4.69) is 10.1 Å². The fourth-order valence-corrected chi connectivity index (χ4v) is 3.24. The lowest BCUT2D eigenvalue weighted by atomic mass is 10.1. The normalized spacial score (nSPS) is 18.2. The lowest BCUT2D eigenvalue weighted by Crippen LogP contribution is -2.36. The van der Waals surface area contributed by atoms with Crippen molar-refractivity contribution in [1.82, 2.24) is 15.0 Å². The van der Waals surface area contributed by atoms with Gasteiger partial charge >= 0.3 is 0 Å². The Bertz CT molecular complexity index is 698. The van der Waals surface area contributed by atoms with Crippen molar-refractivity contribution >= 4 is 5.91 Å². The number of nitrogens with zero attached hydrogens (tertiary/aromatic N) is 3. The largest absolute Gasteiger partial charge is 0.496 e. The summed E-state index contributed by atoms with van der Waals surface area (Å²) in [7, 11) is 1.63. The summed E-state index contributed by atoms with van der Waals surface area (Å²) in [4.78, 5) is 19.2. The maximum Gasteiger partial charge on any atom is 0.227 e. The van der Waals surface area contributed by atoms with Gasteiger partial charge in [0.15, 0.2) is 5.82 Å². The third kappa shape index (κ3) is 3.58. The first kappa shape index (κ1) is 16.5. The number of carbonyl (C=O) groups excluding carboxylic acids is 1. The molecule has 0 bridgehead atoms. The average Bonchev–Trinajstić information content (AvgIpc) is 2.87. The molecule has 24 heavy (non-hydrogen) atoms. The summed E-state index contributed by atoms with van der Waals surface area (Å²) >= 11 is 0. The highest BCUT2D eigenvalue weighted by molar-refractivity contribution is 5.80. The molecule has 2 heterocycles. The molecule has 1 aliphatic rings. The van der Waals surface area contributed by atoms with Crippen LogP contribution in [0.3, 0.4) is 0 Å². The van der Waals surface area contributed by atoms with E-state index >= 15 is 0 Å². The number of likely N-dealkylation sites (tertiary alicyclic amines) is 1. The maximum atomic E-state index is 13.0. The number of para-hydroxylation sites is 1. The Labute approximate surface area is 141 Å². The first-order chi connectivity index (χ1) is 11.7. The van der Waals surface area contributed by atoms with Crippen LogP contribution in [0.1, 0.15) is 49.0 Å². The SMILES string of the molecule is COc1ccccc1CC(=O)N1CCCCCC1c1noc(C)n1. The number of amides is 1.